The van der Waals surface area contributed by atoms with E-state index in [-0.39, 0.29) is 0 Å². The zero-order valence-electron chi connectivity index (χ0n) is 11.1. The second kappa shape index (κ2) is 8.30. The molecule has 2 rings (SSSR count). The highest BCUT2D eigenvalue weighted by Gasteiger charge is 1.99. The first kappa shape index (κ1) is 15.4. The molecule has 0 aliphatic heterocycles. The quantitative estimate of drug-likeness (QED) is 0.730. The molecule has 0 amide bonds. The Bertz CT molecular complexity index is 533. The lowest BCUT2D eigenvalue weighted by Crippen LogP contribution is -2.17. The first-order valence-corrected chi connectivity index (χ1v) is 7.75. The Kier molecular flexibility index (Phi) is 6.37. The molecule has 2 aromatic carbocycles. The lowest BCUT2D eigenvalue weighted by molar-refractivity contribution is 0.308. The number of halogens is 2. The fraction of sp³-hybridized carbons (Fsp3) is 0.250. The highest BCUT2D eigenvalue weighted by Crippen LogP contribution is 2.23. The van der Waals surface area contributed by atoms with Gasteiger partial charge < -0.3 is 10.1 Å². The Labute approximate surface area is 133 Å². The van der Waals surface area contributed by atoms with E-state index >= 15 is 0 Å². The van der Waals surface area contributed by atoms with E-state index in [4.69, 9.17) is 16.3 Å². The molecule has 0 saturated heterocycles. The summed E-state index contributed by atoms with van der Waals surface area (Å²) in [4.78, 5) is 0. The van der Waals surface area contributed by atoms with Crippen LogP contribution in [0.5, 0.6) is 5.75 Å². The topological polar surface area (TPSA) is 21.3 Å². The molecule has 4 heteroatoms. The van der Waals surface area contributed by atoms with E-state index < -0.39 is 0 Å². The fourth-order valence-corrected chi connectivity index (χ4v) is 2.33. The van der Waals surface area contributed by atoms with Gasteiger partial charge in [0.1, 0.15) is 5.75 Å². The molecule has 0 aliphatic carbocycles. The first-order chi connectivity index (χ1) is 9.75. The van der Waals surface area contributed by atoms with Crippen molar-refractivity contribution < 1.29 is 4.74 Å². The summed E-state index contributed by atoms with van der Waals surface area (Å²) in [5.41, 5.74) is 1.21. The van der Waals surface area contributed by atoms with Gasteiger partial charge in [-0.3, -0.25) is 0 Å². The molecule has 2 aromatic rings. The van der Waals surface area contributed by atoms with E-state index in [2.05, 4.69) is 21.2 Å². The molecule has 0 heterocycles. The summed E-state index contributed by atoms with van der Waals surface area (Å²) in [5.74, 6) is 0.925. The second-order valence-corrected chi connectivity index (χ2v) is 5.70. The minimum absolute atomic E-state index is 0.724. The smallest absolute Gasteiger partial charge is 0.119 e. The molecule has 0 saturated carbocycles. The van der Waals surface area contributed by atoms with E-state index in [9.17, 15) is 0 Å². The number of benzene rings is 2. The van der Waals surface area contributed by atoms with Gasteiger partial charge in [-0.2, -0.15) is 0 Å². The predicted octanol–water partition coefficient (Wildman–Crippen LogP) is 4.66. The monoisotopic (exact) mass is 353 g/mol. The molecule has 0 unspecified atom stereocenters. The van der Waals surface area contributed by atoms with Gasteiger partial charge in [0.05, 0.1) is 11.6 Å². The first-order valence-electron chi connectivity index (χ1n) is 6.58. The van der Waals surface area contributed by atoms with Crippen LogP contribution < -0.4 is 10.1 Å². The molecule has 0 bridgehead atoms. The average Bonchev–Trinajstić information content (AvgIpc) is 2.47. The summed E-state index contributed by atoms with van der Waals surface area (Å²) in [7, 11) is 0. The third kappa shape index (κ3) is 5.16. The Morgan fingerprint density at radius 1 is 1.10 bits per heavy atom. The third-order valence-corrected chi connectivity index (χ3v) is 4.04. The normalized spacial score (nSPS) is 10.5. The zero-order chi connectivity index (χ0) is 14.2. The van der Waals surface area contributed by atoms with Crippen molar-refractivity contribution in [1.29, 1.82) is 0 Å². The Morgan fingerprint density at radius 2 is 1.90 bits per heavy atom. The van der Waals surface area contributed by atoms with Gasteiger partial charge in [-0.05, 0) is 58.7 Å². The summed E-state index contributed by atoms with van der Waals surface area (Å²) in [5, 5.41) is 4.13. The van der Waals surface area contributed by atoms with Crippen LogP contribution in [0, 0.1) is 0 Å². The van der Waals surface area contributed by atoms with Crippen molar-refractivity contribution >= 4 is 27.5 Å². The van der Waals surface area contributed by atoms with Gasteiger partial charge in [-0.25, -0.2) is 0 Å². The van der Waals surface area contributed by atoms with E-state index in [1.54, 1.807) is 0 Å². The largest absolute Gasteiger partial charge is 0.494 e. The van der Waals surface area contributed by atoms with E-state index in [0.29, 0.717) is 0 Å². The summed E-state index contributed by atoms with van der Waals surface area (Å²) in [6, 6.07) is 15.9. The summed E-state index contributed by atoms with van der Waals surface area (Å²) in [6.07, 6.45) is 0.976. The van der Waals surface area contributed by atoms with Crippen molar-refractivity contribution in [1.82, 2.24) is 5.32 Å². The van der Waals surface area contributed by atoms with E-state index in [1.807, 2.05) is 48.5 Å². The molecule has 0 aliphatic rings. The molecule has 0 radical (unpaired) electrons. The molecule has 0 atom stereocenters. The van der Waals surface area contributed by atoms with Crippen molar-refractivity contribution in [3.63, 3.8) is 0 Å². The standard InChI is InChI=1S/C16H17BrClNO/c17-15-11-13(7-8-16(15)18)12-19-9-4-10-20-14-5-2-1-3-6-14/h1-3,5-8,11,19H,4,9-10,12H2. The predicted molar refractivity (Wildman–Crippen MR) is 87.4 cm³/mol. The lowest BCUT2D eigenvalue weighted by atomic mass is 10.2. The van der Waals surface area contributed by atoms with Gasteiger partial charge in [-0.15, -0.1) is 0 Å². The molecule has 106 valence electrons. The van der Waals surface area contributed by atoms with Gasteiger partial charge in [0.15, 0.2) is 0 Å². The molecular formula is C16H17BrClNO. The van der Waals surface area contributed by atoms with Crippen LogP contribution in [0.25, 0.3) is 0 Å². The van der Waals surface area contributed by atoms with Crippen LogP contribution >= 0.6 is 27.5 Å². The molecule has 1 N–H and O–H groups in total. The van der Waals surface area contributed by atoms with Crippen LogP contribution in [0.4, 0.5) is 0 Å². The Balaban J connectivity index is 1.61. The molecule has 20 heavy (non-hydrogen) atoms. The Morgan fingerprint density at radius 3 is 2.65 bits per heavy atom. The van der Waals surface area contributed by atoms with Crippen LogP contribution in [0.3, 0.4) is 0 Å². The highest BCUT2D eigenvalue weighted by atomic mass is 79.9. The van der Waals surface area contributed by atoms with Crippen LogP contribution in [0.1, 0.15) is 12.0 Å². The number of para-hydroxylation sites is 1. The maximum absolute atomic E-state index is 5.96. The number of nitrogens with one attached hydrogen (secondary N) is 1. The van der Waals surface area contributed by atoms with Crippen molar-refractivity contribution in [3.8, 4) is 5.75 Å². The number of hydrogen-bond acceptors (Lipinski definition) is 2. The number of hydrogen-bond donors (Lipinski definition) is 1. The summed E-state index contributed by atoms with van der Waals surface area (Å²) in [6.45, 7) is 2.48. The van der Waals surface area contributed by atoms with Crippen molar-refractivity contribution in [2.75, 3.05) is 13.2 Å². The van der Waals surface area contributed by atoms with Gasteiger partial charge in [0, 0.05) is 11.0 Å². The van der Waals surface area contributed by atoms with Crippen molar-refractivity contribution in [3.05, 3.63) is 63.6 Å². The van der Waals surface area contributed by atoms with Crippen molar-refractivity contribution in [2.24, 2.45) is 0 Å². The fourth-order valence-electron chi connectivity index (χ4n) is 1.79. The number of rotatable bonds is 7. The van der Waals surface area contributed by atoms with E-state index in [1.165, 1.54) is 5.56 Å². The molecule has 0 spiro atoms. The van der Waals surface area contributed by atoms with Gasteiger partial charge in [-0.1, -0.05) is 35.9 Å². The van der Waals surface area contributed by atoms with Gasteiger partial charge in [0.25, 0.3) is 0 Å². The van der Waals surface area contributed by atoms with Crippen LogP contribution in [0.2, 0.25) is 5.02 Å². The number of ether oxygens (including phenoxy) is 1. The second-order valence-electron chi connectivity index (χ2n) is 4.44. The molecular weight excluding hydrogens is 338 g/mol. The highest BCUT2D eigenvalue weighted by molar-refractivity contribution is 9.10. The summed E-state index contributed by atoms with van der Waals surface area (Å²) >= 11 is 9.38. The van der Waals surface area contributed by atoms with Crippen molar-refractivity contribution in [2.45, 2.75) is 13.0 Å². The minimum atomic E-state index is 0.724. The van der Waals surface area contributed by atoms with E-state index in [0.717, 1.165) is 41.4 Å². The third-order valence-electron chi connectivity index (χ3n) is 2.82. The van der Waals surface area contributed by atoms with Gasteiger partial charge >= 0.3 is 0 Å². The SMILES string of the molecule is Clc1ccc(CNCCCOc2ccccc2)cc1Br. The summed E-state index contributed by atoms with van der Waals surface area (Å²) < 4.78 is 6.56. The average molecular weight is 355 g/mol. The van der Waals surface area contributed by atoms with Gasteiger partial charge in [0.2, 0.25) is 0 Å². The lowest BCUT2D eigenvalue weighted by Gasteiger charge is -2.08. The maximum Gasteiger partial charge on any atom is 0.119 e. The molecule has 0 fully saturated rings. The van der Waals surface area contributed by atoms with Crippen LogP contribution in [-0.2, 0) is 6.54 Å². The van der Waals surface area contributed by atoms with Crippen LogP contribution in [-0.4, -0.2) is 13.2 Å². The molecule has 2 nitrogen and oxygen atoms in total. The van der Waals surface area contributed by atoms with Crippen LogP contribution in [0.15, 0.2) is 53.0 Å². The maximum atomic E-state index is 5.96. The zero-order valence-corrected chi connectivity index (χ0v) is 13.5. The molecule has 0 aromatic heterocycles. The minimum Gasteiger partial charge on any atom is -0.494 e. The Hall–Kier alpha value is -1.03.